The maximum Gasteiger partial charge on any atom is 0.0404 e. The SMILES string of the molecule is CCCCCCCc1ccc(-c2ccc(CCCCC)nc2)s1. The summed E-state index contributed by atoms with van der Waals surface area (Å²) in [5.74, 6) is 0. The molecule has 23 heavy (non-hydrogen) atoms. The van der Waals surface area contributed by atoms with Crippen molar-refractivity contribution < 1.29 is 0 Å². The third kappa shape index (κ3) is 6.47. The van der Waals surface area contributed by atoms with E-state index < -0.39 is 0 Å². The van der Waals surface area contributed by atoms with Crippen LogP contribution in [-0.2, 0) is 12.8 Å². The van der Waals surface area contributed by atoms with Crippen molar-refractivity contribution in [1.82, 2.24) is 4.98 Å². The summed E-state index contributed by atoms with van der Waals surface area (Å²) in [5, 5.41) is 0. The number of aryl methyl sites for hydroxylation is 2. The van der Waals surface area contributed by atoms with Gasteiger partial charge >= 0.3 is 0 Å². The fourth-order valence-corrected chi connectivity index (χ4v) is 3.88. The summed E-state index contributed by atoms with van der Waals surface area (Å²) in [7, 11) is 0. The van der Waals surface area contributed by atoms with Crippen molar-refractivity contribution >= 4 is 11.3 Å². The van der Waals surface area contributed by atoms with Crippen molar-refractivity contribution in [3.05, 3.63) is 41.0 Å². The molecule has 0 aromatic carbocycles. The van der Waals surface area contributed by atoms with E-state index in [1.165, 1.54) is 78.8 Å². The largest absolute Gasteiger partial charge is 0.261 e. The Labute approximate surface area is 146 Å². The van der Waals surface area contributed by atoms with E-state index in [0.717, 1.165) is 6.42 Å². The molecule has 2 rings (SSSR count). The maximum absolute atomic E-state index is 4.64. The number of nitrogens with zero attached hydrogens (tertiary/aromatic N) is 1. The van der Waals surface area contributed by atoms with Crippen molar-refractivity contribution in [2.24, 2.45) is 0 Å². The summed E-state index contributed by atoms with van der Waals surface area (Å²) in [4.78, 5) is 7.52. The number of hydrogen-bond acceptors (Lipinski definition) is 2. The van der Waals surface area contributed by atoms with Crippen LogP contribution >= 0.6 is 11.3 Å². The number of pyridine rings is 1. The molecule has 126 valence electrons. The van der Waals surface area contributed by atoms with Gasteiger partial charge in [-0.15, -0.1) is 11.3 Å². The molecule has 2 heteroatoms. The van der Waals surface area contributed by atoms with E-state index in [2.05, 4.69) is 49.3 Å². The van der Waals surface area contributed by atoms with Gasteiger partial charge in [0.15, 0.2) is 0 Å². The zero-order chi connectivity index (χ0) is 16.3. The molecule has 1 nitrogen and oxygen atoms in total. The van der Waals surface area contributed by atoms with Crippen LogP contribution in [0, 0.1) is 0 Å². The van der Waals surface area contributed by atoms with Crippen LogP contribution in [0.3, 0.4) is 0 Å². The highest BCUT2D eigenvalue weighted by molar-refractivity contribution is 7.15. The Kier molecular flexibility index (Phi) is 8.38. The minimum atomic E-state index is 1.11. The molecule has 0 aliphatic heterocycles. The Bertz CT molecular complexity index is 541. The first kappa shape index (κ1) is 18.2. The lowest BCUT2D eigenvalue weighted by atomic mass is 10.1. The normalized spacial score (nSPS) is 11.0. The summed E-state index contributed by atoms with van der Waals surface area (Å²) >= 11 is 1.94. The number of hydrogen-bond donors (Lipinski definition) is 0. The van der Waals surface area contributed by atoms with Crippen molar-refractivity contribution in [3.63, 3.8) is 0 Å². The molecule has 0 N–H and O–H groups in total. The van der Waals surface area contributed by atoms with Gasteiger partial charge in [-0.1, -0.05) is 58.4 Å². The average molecular weight is 330 g/mol. The lowest BCUT2D eigenvalue weighted by molar-refractivity contribution is 0.634. The minimum Gasteiger partial charge on any atom is -0.261 e. The fraction of sp³-hybridized carbons (Fsp3) is 0.571. The molecule has 0 spiro atoms. The molecule has 0 atom stereocenters. The first-order valence-electron chi connectivity index (χ1n) is 9.37. The summed E-state index contributed by atoms with van der Waals surface area (Å²) in [6.45, 7) is 4.52. The molecule has 0 fully saturated rings. The monoisotopic (exact) mass is 329 g/mol. The highest BCUT2D eigenvalue weighted by Crippen LogP contribution is 2.29. The van der Waals surface area contributed by atoms with Crippen LogP contribution in [0.15, 0.2) is 30.5 Å². The van der Waals surface area contributed by atoms with Crippen LogP contribution in [0.1, 0.15) is 75.8 Å². The first-order chi connectivity index (χ1) is 11.3. The number of thiophene rings is 1. The van der Waals surface area contributed by atoms with Crippen LogP contribution in [0.5, 0.6) is 0 Å². The van der Waals surface area contributed by atoms with E-state index in [9.17, 15) is 0 Å². The van der Waals surface area contributed by atoms with Crippen molar-refractivity contribution in [3.8, 4) is 10.4 Å². The second-order valence-corrected chi connectivity index (χ2v) is 7.59. The standard InChI is InChI=1S/C21H31NS/c1-3-5-7-8-10-12-20-15-16-21(23-20)18-13-14-19(22-17-18)11-9-6-4-2/h13-17H,3-12H2,1-2H3. The molecule has 0 saturated carbocycles. The smallest absolute Gasteiger partial charge is 0.0404 e. The number of aromatic nitrogens is 1. The van der Waals surface area contributed by atoms with E-state index in [1.807, 2.05) is 11.3 Å². The van der Waals surface area contributed by atoms with Gasteiger partial charge in [0, 0.05) is 27.2 Å². The lowest BCUT2D eigenvalue weighted by Gasteiger charge is -2.02. The quantitative estimate of drug-likeness (QED) is 0.402. The summed E-state index contributed by atoms with van der Waals surface area (Å²) < 4.78 is 0. The molecule has 2 heterocycles. The van der Waals surface area contributed by atoms with Crippen LogP contribution in [0.25, 0.3) is 10.4 Å². The van der Waals surface area contributed by atoms with Crippen LogP contribution < -0.4 is 0 Å². The van der Waals surface area contributed by atoms with E-state index in [-0.39, 0.29) is 0 Å². The molecule has 0 bridgehead atoms. The molecule has 2 aromatic heterocycles. The topological polar surface area (TPSA) is 12.9 Å². The second kappa shape index (κ2) is 10.6. The molecular formula is C21H31NS. The second-order valence-electron chi connectivity index (χ2n) is 6.43. The third-order valence-electron chi connectivity index (χ3n) is 4.33. The number of unbranched alkanes of at least 4 members (excludes halogenated alkanes) is 6. The van der Waals surface area contributed by atoms with E-state index >= 15 is 0 Å². The number of rotatable bonds is 11. The zero-order valence-corrected chi connectivity index (χ0v) is 15.6. The molecule has 2 aromatic rings. The van der Waals surface area contributed by atoms with Gasteiger partial charge in [0.05, 0.1) is 0 Å². The Balaban J connectivity index is 1.82. The van der Waals surface area contributed by atoms with Gasteiger partial charge in [-0.05, 0) is 43.9 Å². The molecular weight excluding hydrogens is 298 g/mol. The Morgan fingerprint density at radius 3 is 2.26 bits per heavy atom. The highest BCUT2D eigenvalue weighted by atomic mass is 32.1. The summed E-state index contributed by atoms with van der Waals surface area (Å²) in [6, 6.07) is 9.01. The predicted octanol–water partition coefficient (Wildman–Crippen LogP) is 7.06. The van der Waals surface area contributed by atoms with Crippen molar-refractivity contribution in [2.75, 3.05) is 0 Å². The average Bonchev–Trinajstić information content (AvgIpc) is 3.04. The summed E-state index contributed by atoms with van der Waals surface area (Å²) in [5.41, 5.74) is 2.50. The van der Waals surface area contributed by atoms with Gasteiger partial charge in [-0.3, -0.25) is 4.98 Å². The van der Waals surface area contributed by atoms with Gasteiger partial charge in [0.25, 0.3) is 0 Å². The molecule has 0 aliphatic carbocycles. The van der Waals surface area contributed by atoms with Crippen LogP contribution in [0.4, 0.5) is 0 Å². The molecule has 0 amide bonds. The molecule has 0 aliphatic rings. The van der Waals surface area contributed by atoms with Gasteiger partial charge in [-0.25, -0.2) is 0 Å². The van der Waals surface area contributed by atoms with Crippen LogP contribution in [0.2, 0.25) is 0 Å². The molecule has 0 saturated heterocycles. The van der Waals surface area contributed by atoms with Gasteiger partial charge in [0.1, 0.15) is 0 Å². The highest BCUT2D eigenvalue weighted by Gasteiger charge is 2.04. The van der Waals surface area contributed by atoms with Crippen molar-refractivity contribution in [1.29, 1.82) is 0 Å². The molecule has 0 radical (unpaired) electrons. The third-order valence-corrected chi connectivity index (χ3v) is 5.53. The van der Waals surface area contributed by atoms with E-state index in [1.54, 1.807) is 0 Å². The first-order valence-corrected chi connectivity index (χ1v) is 10.2. The van der Waals surface area contributed by atoms with Crippen molar-refractivity contribution in [2.45, 2.75) is 78.1 Å². The fourth-order valence-electron chi connectivity index (χ4n) is 2.84. The minimum absolute atomic E-state index is 1.11. The molecule has 0 unspecified atom stereocenters. The maximum atomic E-state index is 4.64. The Hall–Kier alpha value is -1.15. The van der Waals surface area contributed by atoms with Crippen LogP contribution in [-0.4, -0.2) is 4.98 Å². The Morgan fingerprint density at radius 2 is 1.52 bits per heavy atom. The van der Waals surface area contributed by atoms with Gasteiger partial charge < -0.3 is 0 Å². The lowest BCUT2D eigenvalue weighted by Crippen LogP contribution is -1.89. The van der Waals surface area contributed by atoms with Gasteiger partial charge in [-0.2, -0.15) is 0 Å². The van der Waals surface area contributed by atoms with E-state index in [4.69, 9.17) is 0 Å². The predicted molar refractivity (Wildman–Crippen MR) is 103 cm³/mol. The Morgan fingerprint density at radius 1 is 0.783 bits per heavy atom. The zero-order valence-electron chi connectivity index (χ0n) is 14.8. The van der Waals surface area contributed by atoms with E-state index in [0.29, 0.717) is 0 Å². The van der Waals surface area contributed by atoms with Gasteiger partial charge in [0.2, 0.25) is 0 Å². The summed E-state index contributed by atoms with van der Waals surface area (Å²) in [6.07, 6.45) is 15.0.